The summed E-state index contributed by atoms with van der Waals surface area (Å²) < 4.78 is 41.1. The number of aromatic nitrogens is 1. The van der Waals surface area contributed by atoms with Crippen LogP contribution in [0.25, 0.3) is 0 Å². The Morgan fingerprint density at radius 2 is 1.73 bits per heavy atom. The molecule has 2 heterocycles. The number of nitrogens with zero attached hydrogens (tertiary/aromatic N) is 1. The maximum Gasteiger partial charge on any atom is 0.257 e. The van der Waals surface area contributed by atoms with Crippen LogP contribution in [0.2, 0.25) is 0 Å². The lowest BCUT2D eigenvalue weighted by Crippen LogP contribution is -2.32. The molecule has 0 aliphatic carbocycles. The molecule has 3 rings (SSSR count). The van der Waals surface area contributed by atoms with Crippen LogP contribution in [0.4, 0.5) is 10.1 Å². The summed E-state index contributed by atoms with van der Waals surface area (Å²) in [4.78, 5) is 29.4. The van der Waals surface area contributed by atoms with Crippen LogP contribution in [-0.2, 0) is 14.8 Å². The summed E-state index contributed by atoms with van der Waals surface area (Å²) in [5.74, 6) is -1.14. The number of aryl methyl sites for hydroxylation is 2. The molecule has 0 spiro atoms. The van der Waals surface area contributed by atoms with Crippen molar-refractivity contribution in [3.63, 3.8) is 0 Å². The zero-order valence-electron chi connectivity index (χ0n) is 16.9. The summed E-state index contributed by atoms with van der Waals surface area (Å²) in [6, 6.07) is 5.27. The van der Waals surface area contributed by atoms with Crippen molar-refractivity contribution in [3.05, 3.63) is 47.0 Å². The van der Waals surface area contributed by atoms with Gasteiger partial charge in [0.1, 0.15) is 10.7 Å². The van der Waals surface area contributed by atoms with E-state index in [0.717, 1.165) is 12.8 Å². The van der Waals surface area contributed by atoms with Crippen LogP contribution < -0.4 is 10.0 Å². The molecule has 8 nitrogen and oxygen atoms in total. The highest BCUT2D eigenvalue weighted by atomic mass is 32.2. The van der Waals surface area contributed by atoms with E-state index in [9.17, 15) is 22.4 Å². The van der Waals surface area contributed by atoms with Crippen LogP contribution >= 0.6 is 0 Å². The lowest BCUT2D eigenvalue weighted by atomic mass is 10.2. The summed E-state index contributed by atoms with van der Waals surface area (Å²) in [6.07, 6.45) is 1.68. The number of nitrogens with one attached hydrogen (secondary N) is 3. The highest BCUT2D eigenvalue weighted by Crippen LogP contribution is 2.26. The number of amides is 2. The number of rotatable bonds is 7. The predicted octanol–water partition coefficient (Wildman–Crippen LogP) is 2.31. The van der Waals surface area contributed by atoms with Gasteiger partial charge in [0.25, 0.3) is 5.91 Å². The number of benzene rings is 1. The Morgan fingerprint density at radius 3 is 2.37 bits per heavy atom. The second-order valence-corrected chi connectivity index (χ2v) is 8.99. The molecular formula is C20H25FN4O4S. The third kappa shape index (κ3) is 4.88. The lowest BCUT2D eigenvalue weighted by Gasteiger charge is -2.17. The number of sulfonamides is 1. The van der Waals surface area contributed by atoms with Crippen molar-refractivity contribution in [2.75, 3.05) is 25.0 Å². The molecule has 1 saturated heterocycles. The molecule has 162 valence electrons. The standard InChI is InChI=1S/C20H25FN4O4S/c1-13-18(20(27)25-11-3-4-12-25)19(14(2)23-13)30(28,29)22-10-9-17(26)24-16-7-5-15(21)6-8-16/h5-8,22-23H,3-4,9-12H2,1-2H3,(H,24,26). The molecule has 30 heavy (non-hydrogen) atoms. The number of likely N-dealkylation sites (tertiary alicyclic amines) is 1. The van der Waals surface area contributed by atoms with E-state index in [4.69, 9.17) is 0 Å². The Bertz CT molecular complexity index is 1040. The van der Waals surface area contributed by atoms with E-state index >= 15 is 0 Å². The Kier molecular flexibility index (Phi) is 6.57. The first-order valence-corrected chi connectivity index (χ1v) is 11.2. The van der Waals surface area contributed by atoms with E-state index in [1.807, 2.05) is 0 Å². The molecule has 0 bridgehead atoms. The van der Waals surface area contributed by atoms with Gasteiger partial charge in [-0.25, -0.2) is 17.5 Å². The van der Waals surface area contributed by atoms with Crippen LogP contribution in [0.5, 0.6) is 0 Å². The SMILES string of the molecule is Cc1[nH]c(C)c(S(=O)(=O)NCCC(=O)Nc2ccc(F)cc2)c1C(=O)N1CCCC1. The second kappa shape index (κ2) is 8.97. The number of hydrogen-bond donors (Lipinski definition) is 3. The van der Waals surface area contributed by atoms with Crippen LogP contribution in [-0.4, -0.2) is 49.8 Å². The first-order chi connectivity index (χ1) is 14.2. The molecular weight excluding hydrogens is 411 g/mol. The van der Waals surface area contributed by atoms with Gasteiger partial charge < -0.3 is 15.2 Å². The summed E-state index contributed by atoms with van der Waals surface area (Å²) in [7, 11) is -4.01. The van der Waals surface area contributed by atoms with E-state index in [2.05, 4.69) is 15.0 Å². The number of carbonyl (C=O) groups excluding carboxylic acids is 2. The van der Waals surface area contributed by atoms with Crippen molar-refractivity contribution < 1.29 is 22.4 Å². The van der Waals surface area contributed by atoms with E-state index in [1.165, 1.54) is 24.3 Å². The normalized spacial score (nSPS) is 14.2. The lowest BCUT2D eigenvalue weighted by molar-refractivity contribution is -0.116. The monoisotopic (exact) mass is 436 g/mol. The zero-order chi connectivity index (χ0) is 21.9. The molecule has 0 atom stereocenters. The number of aromatic amines is 1. The third-order valence-corrected chi connectivity index (χ3v) is 6.60. The van der Waals surface area contributed by atoms with Crippen LogP contribution in [0.3, 0.4) is 0 Å². The second-order valence-electron chi connectivity index (χ2n) is 7.28. The van der Waals surface area contributed by atoms with Crippen molar-refractivity contribution in [3.8, 4) is 0 Å². The van der Waals surface area contributed by atoms with Gasteiger partial charge >= 0.3 is 0 Å². The van der Waals surface area contributed by atoms with E-state index in [1.54, 1.807) is 18.7 Å². The van der Waals surface area contributed by atoms with Crippen molar-refractivity contribution in [1.29, 1.82) is 0 Å². The van der Waals surface area contributed by atoms with Gasteiger partial charge in [-0.15, -0.1) is 0 Å². The average Bonchev–Trinajstić information content (AvgIpc) is 3.31. The first-order valence-electron chi connectivity index (χ1n) is 9.72. The minimum Gasteiger partial charge on any atom is -0.361 e. The molecule has 0 radical (unpaired) electrons. The van der Waals surface area contributed by atoms with Gasteiger partial charge in [-0.2, -0.15) is 0 Å². The van der Waals surface area contributed by atoms with Crippen molar-refractivity contribution in [2.24, 2.45) is 0 Å². The van der Waals surface area contributed by atoms with E-state index in [-0.39, 0.29) is 29.3 Å². The zero-order valence-corrected chi connectivity index (χ0v) is 17.7. The molecule has 0 unspecified atom stereocenters. The molecule has 2 aromatic rings. The maximum atomic E-state index is 12.9. The molecule has 0 saturated carbocycles. The van der Waals surface area contributed by atoms with Gasteiger partial charge in [0.15, 0.2) is 0 Å². The van der Waals surface area contributed by atoms with Gasteiger partial charge in [-0.05, 0) is 51.0 Å². The fourth-order valence-corrected chi connectivity index (χ4v) is 5.04. The Morgan fingerprint density at radius 1 is 1.10 bits per heavy atom. The van der Waals surface area contributed by atoms with E-state index < -0.39 is 21.7 Å². The maximum absolute atomic E-state index is 12.9. The molecule has 3 N–H and O–H groups in total. The van der Waals surface area contributed by atoms with E-state index in [0.29, 0.717) is 30.2 Å². The Labute approximate surface area is 174 Å². The Balaban J connectivity index is 1.67. The van der Waals surface area contributed by atoms with Crippen molar-refractivity contribution in [1.82, 2.24) is 14.6 Å². The average molecular weight is 437 g/mol. The first kappa shape index (κ1) is 22.0. The van der Waals surface area contributed by atoms with Crippen LogP contribution in [0.1, 0.15) is 41.0 Å². The fourth-order valence-electron chi connectivity index (χ4n) is 3.56. The van der Waals surface area contributed by atoms with Gasteiger partial charge in [0.2, 0.25) is 15.9 Å². The summed E-state index contributed by atoms with van der Waals surface area (Å²) in [6.45, 7) is 4.35. The molecule has 1 aromatic heterocycles. The summed E-state index contributed by atoms with van der Waals surface area (Å²) in [5, 5.41) is 2.57. The van der Waals surface area contributed by atoms with Crippen molar-refractivity contribution >= 4 is 27.5 Å². The highest BCUT2D eigenvalue weighted by molar-refractivity contribution is 7.89. The molecule has 1 aliphatic rings. The fraction of sp³-hybridized carbons (Fsp3) is 0.400. The van der Waals surface area contributed by atoms with Crippen molar-refractivity contribution in [2.45, 2.75) is 38.0 Å². The van der Waals surface area contributed by atoms with Crippen LogP contribution in [0.15, 0.2) is 29.2 Å². The van der Waals surface area contributed by atoms with Gasteiger partial charge in [0, 0.05) is 43.1 Å². The quantitative estimate of drug-likeness (QED) is 0.618. The van der Waals surface area contributed by atoms with Gasteiger partial charge in [0.05, 0.1) is 5.56 Å². The number of anilines is 1. The largest absolute Gasteiger partial charge is 0.361 e. The molecule has 10 heteroatoms. The number of H-pyrrole nitrogens is 1. The summed E-state index contributed by atoms with van der Waals surface area (Å²) in [5.41, 5.74) is 1.44. The van der Waals surface area contributed by atoms with Gasteiger partial charge in [-0.1, -0.05) is 0 Å². The van der Waals surface area contributed by atoms with Gasteiger partial charge in [-0.3, -0.25) is 9.59 Å². The highest BCUT2D eigenvalue weighted by Gasteiger charge is 2.32. The van der Waals surface area contributed by atoms with Crippen LogP contribution in [0, 0.1) is 19.7 Å². The number of carbonyl (C=O) groups is 2. The molecule has 1 aromatic carbocycles. The minimum absolute atomic E-state index is 0.0733. The smallest absolute Gasteiger partial charge is 0.257 e. The Hall–Kier alpha value is -2.72. The molecule has 1 aliphatic heterocycles. The number of halogens is 1. The number of hydrogen-bond acceptors (Lipinski definition) is 4. The summed E-state index contributed by atoms with van der Waals surface area (Å²) >= 11 is 0. The minimum atomic E-state index is -4.01. The topological polar surface area (TPSA) is 111 Å². The predicted molar refractivity (Wildman–Crippen MR) is 110 cm³/mol. The molecule has 1 fully saturated rings. The third-order valence-electron chi connectivity index (χ3n) is 4.97. The molecule has 2 amide bonds.